The molecule has 150 valence electrons. The molecule has 3 aliphatic rings. The van der Waals surface area contributed by atoms with Gasteiger partial charge in [0.1, 0.15) is 0 Å². The highest BCUT2D eigenvalue weighted by Crippen LogP contribution is 2.42. The van der Waals surface area contributed by atoms with Crippen molar-refractivity contribution >= 4 is 24.2 Å². The lowest BCUT2D eigenvalue weighted by molar-refractivity contribution is -0.140. The number of piperidine rings is 1. The van der Waals surface area contributed by atoms with Gasteiger partial charge in [0.15, 0.2) is 0 Å². The lowest BCUT2D eigenvalue weighted by atomic mass is 9.65. The van der Waals surface area contributed by atoms with Gasteiger partial charge in [-0.1, -0.05) is 13.3 Å². The van der Waals surface area contributed by atoms with Crippen molar-refractivity contribution in [3.8, 4) is 0 Å². The Hall–Kier alpha value is -0.810. The maximum absolute atomic E-state index is 13.1. The largest absolute Gasteiger partial charge is 0.356 e. The lowest BCUT2D eigenvalue weighted by Gasteiger charge is -2.45. The first-order valence-corrected chi connectivity index (χ1v) is 10.4. The lowest BCUT2D eigenvalue weighted by Crippen LogP contribution is -2.51. The molecule has 0 spiro atoms. The van der Waals surface area contributed by atoms with E-state index in [9.17, 15) is 9.59 Å². The Morgan fingerprint density at radius 2 is 1.81 bits per heavy atom. The van der Waals surface area contributed by atoms with Gasteiger partial charge in [0.05, 0.1) is 0 Å². The monoisotopic (exact) mass is 385 g/mol. The summed E-state index contributed by atoms with van der Waals surface area (Å²) in [6, 6.07) is 0.320. The van der Waals surface area contributed by atoms with Gasteiger partial charge in [0, 0.05) is 38.0 Å². The molecule has 2 saturated carbocycles. The van der Waals surface area contributed by atoms with E-state index >= 15 is 0 Å². The minimum atomic E-state index is 0. The van der Waals surface area contributed by atoms with E-state index < -0.39 is 0 Å². The average Bonchev–Trinajstić information content (AvgIpc) is 2.60. The summed E-state index contributed by atoms with van der Waals surface area (Å²) in [6.45, 7) is 4.43. The fourth-order valence-corrected chi connectivity index (χ4v) is 5.25. The van der Waals surface area contributed by atoms with Crippen molar-refractivity contribution in [3.05, 3.63) is 0 Å². The van der Waals surface area contributed by atoms with Crippen molar-refractivity contribution in [2.45, 2.75) is 70.8 Å². The molecule has 1 heterocycles. The Balaban J connectivity index is 0.00000243. The highest BCUT2D eigenvalue weighted by Gasteiger charge is 2.42. The van der Waals surface area contributed by atoms with E-state index in [1.54, 1.807) is 0 Å². The summed E-state index contributed by atoms with van der Waals surface area (Å²) in [5.74, 6) is 2.19. The summed E-state index contributed by atoms with van der Waals surface area (Å²) in [6.07, 6.45) is 9.31. The van der Waals surface area contributed by atoms with Crippen LogP contribution in [-0.2, 0) is 9.59 Å². The van der Waals surface area contributed by atoms with E-state index in [2.05, 4.69) is 10.2 Å². The van der Waals surface area contributed by atoms with Crippen LogP contribution in [0.2, 0.25) is 0 Å². The number of nitrogens with two attached hydrogens (primary N) is 1. The van der Waals surface area contributed by atoms with Crippen molar-refractivity contribution in [2.24, 2.45) is 29.4 Å². The van der Waals surface area contributed by atoms with Gasteiger partial charge in [-0.25, -0.2) is 0 Å². The van der Waals surface area contributed by atoms with E-state index in [1.165, 1.54) is 19.3 Å². The molecule has 5 nitrogen and oxygen atoms in total. The molecule has 3 atom stereocenters. The fourth-order valence-electron chi connectivity index (χ4n) is 5.25. The smallest absolute Gasteiger partial charge is 0.225 e. The second-order valence-electron chi connectivity index (χ2n) is 8.54. The number of rotatable bonds is 5. The molecule has 26 heavy (non-hydrogen) atoms. The van der Waals surface area contributed by atoms with Crippen molar-refractivity contribution in [2.75, 3.05) is 19.6 Å². The second kappa shape index (κ2) is 9.93. The van der Waals surface area contributed by atoms with Gasteiger partial charge >= 0.3 is 0 Å². The number of carbonyl (C=O) groups is 2. The molecule has 3 unspecified atom stereocenters. The van der Waals surface area contributed by atoms with Crippen molar-refractivity contribution in [1.82, 2.24) is 10.2 Å². The zero-order valence-electron chi connectivity index (χ0n) is 16.1. The molecule has 1 aliphatic heterocycles. The first kappa shape index (κ1) is 21.5. The van der Waals surface area contributed by atoms with Crippen LogP contribution < -0.4 is 11.1 Å². The van der Waals surface area contributed by atoms with E-state index in [0.717, 1.165) is 45.2 Å². The summed E-state index contributed by atoms with van der Waals surface area (Å²) in [4.78, 5) is 26.8. The number of carbonyl (C=O) groups excluding carboxylic acids is 2. The fraction of sp³-hybridized carbons (Fsp3) is 0.900. The molecule has 3 rings (SSSR count). The summed E-state index contributed by atoms with van der Waals surface area (Å²) in [5.41, 5.74) is 6.37. The first-order valence-electron chi connectivity index (χ1n) is 10.4. The third kappa shape index (κ3) is 5.13. The summed E-state index contributed by atoms with van der Waals surface area (Å²) < 4.78 is 0. The summed E-state index contributed by atoms with van der Waals surface area (Å²) in [5, 5.41) is 3.04. The quantitative estimate of drug-likeness (QED) is 0.763. The van der Waals surface area contributed by atoms with Crippen LogP contribution in [0.3, 0.4) is 0 Å². The van der Waals surface area contributed by atoms with Crippen LogP contribution in [0.5, 0.6) is 0 Å². The zero-order valence-corrected chi connectivity index (χ0v) is 16.9. The predicted molar refractivity (Wildman–Crippen MR) is 106 cm³/mol. The number of hydrogen-bond acceptors (Lipinski definition) is 3. The summed E-state index contributed by atoms with van der Waals surface area (Å²) in [7, 11) is 0. The second-order valence-corrected chi connectivity index (χ2v) is 8.54. The van der Waals surface area contributed by atoms with Crippen molar-refractivity contribution < 1.29 is 9.59 Å². The van der Waals surface area contributed by atoms with Crippen LogP contribution in [0.1, 0.15) is 64.7 Å². The number of nitrogens with zero attached hydrogens (tertiary/aromatic N) is 1. The van der Waals surface area contributed by atoms with Crippen molar-refractivity contribution in [3.63, 3.8) is 0 Å². The van der Waals surface area contributed by atoms with Gasteiger partial charge in [-0.3, -0.25) is 9.59 Å². The highest BCUT2D eigenvalue weighted by atomic mass is 35.5. The molecule has 0 aromatic rings. The van der Waals surface area contributed by atoms with Gasteiger partial charge in [-0.2, -0.15) is 0 Å². The van der Waals surface area contributed by atoms with Crippen LogP contribution in [0.4, 0.5) is 0 Å². The predicted octanol–water partition coefficient (Wildman–Crippen LogP) is 2.72. The number of hydrogen-bond donors (Lipinski definition) is 2. The van der Waals surface area contributed by atoms with Crippen LogP contribution >= 0.6 is 12.4 Å². The number of amides is 2. The average molecular weight is 386 g/mol. The molecule has 0 aromatic heterocycles. The maximum Gasteiger partial charge on any atom is 0.225 e. The molecule has 2 aliphatic carbocycles. The maximum atomic E-state index is 13.1. The minimum absolute atomic E-state index is 0. The van der Waals surface area contributed by atoms with Gasteiger partial charge in [-0.05, 0) is 62.7 Å². The SMILES string of the molecule is CCCC(=O)NCC1CCCN(C(=O)C2CC3CCCC(C2)C3N)C1.Cl. The van der Waals surface area contributed by atoms with E-state index in [1.807, 2.05) is 6.92 Å². The van der Waals surface area contributed by atoms with Crippen LogP contribution in [0, 0.1) is 23.7 Å². The van der Waals surface area contributed by atoms with Gasteiger partial charge in [0.25, 0.3) is 0 Å². The zero-order chi connectivity index (χ0) is 17.8. The van der Waals surface area contributed by atoms with E-state index in [-0.39, 0.29) is 24.2 Å². The van der Waals surface area contributed by atoms with E-state index in [0.29, 0.717) is 42.7 Å². The molecule has 6 heteroatoms. The van der Waals surface area contributed by atoms with Gasteiger partial charge in [0.2, 0.25) is 11.8 Å². The third-order valence-electron chi connectivity index (χ3n) is 6.66. The van der Waals surface area contributed by atoms with Gasteiger partial charge < -0.3 is 16.0 Å². The molecule has 0 aromatic carbocycles. The number of likely N-dealkylation sites (tertiary alicyclic amines) is 1. The molecular weight excluding hydrogens is 350 g/mol. The topological polar surface area (TPSA) is 75.4 Å². The summed E-state index contributed by atoms with van der Waals surface area (Å²) >= 11 is 0. The van der Waals surface area contributed by atoms with Gasteiger partial charge in [-0.15, -0.1) is 12.4 Å². The normalized spacial score (nSPS) is 33.9. The first-order chi connectivity index (χ1) is 12.1. The Morgan fingerprint density at radius 3 is 2.46 bits per heavy atom. The molecule has 2 amide bonds. The third-order valence-corrected chi connectivity index (χ3v) is 6.66. The Bertz CT molecular complexity index is 474. The van der Waals surface area contributed by atoms with Crippen LogP contribution in [0.15, 0.2) is 0 Å². The molecule has 2 bridgehead atoms. The Labute approximate surface area is 164 Å². The Kier molecular flexibility index (Phi) is 8.21. The van der Waals surface area contributed by atoms with Crippen LogP contribution in [-0.4, -0.2) is 42.4 Å². The molecule has 1 saturated heterocycles. The highest BCUT2D eigenvalue weighted by molar-refractivity contribution is 5.85. The molecule has 3 N–H and O–H groups in total. The minimum Gasteiger partial charge on any atom is -0.356 e. The standard InChI is InChI=1S/C20H35N3O2.ClH/c1-2-5-18(24)22-12-14-6-4-9-23(13-14)20(25)17-10-15-7-3-8-16(11-17)19(15)21;/h14-17,19H,2-13,21H2,1H3,(H,22,24);1H. The number of nitrogens with one attached hydrogen (secondary N) is 1. The van der Waals surface area contributed by atoms with Crippen molar-refractivity contribution in [1.29, 1.82) is 0 Å². The Morgan fingerprint density at radius 1 is 1.12 bits per heavy atom. The molecular formula is C20H36ClN3O2. The van der Waals surface area contributed by atoms with Crippen LogP contribution in [0.25, 0.3) is 0 Å². The number of halogens is 1. The molecule has 0 radical (unpaired) electrons. The van der Waals surface area contributed by atoms with E-state index in [4.69, 9.17) is 5.73 Å². The number of fused-ring (bicyclic) bond motifs is 2. The molecule has 3 fully saturated rings.